The van der Waals surface area contributed by atoms with Crippen LogP contribution in [-0.2, 0) is 11.3 Å². The average Bonchev–Trinajstić information content (AvgIpc) is 3.35. The van der Waals surface area contributed by atoms with Crippen LogP contribution in [0.2, 0.25) is 0 Å². The predicted octanol–water partition coefficient (Wildman–Crippen LogP) is 2.66. The molecule has 1 aromatic carbocycles. The number of nitrogens with zero attached hydrogens (tertiary/aromatic N) is 3. The number of fused-ring (bicyclic) bond motifs is 1. The summed E-state index contributed by atoms with van der Waals surface area (Å²) in [5.41, 5.74) is 1.67. The van der Waals surface area contributed by atoms with E-state index in [2.05, 4.69) is 20.5 Å². The molecule has 3 heterocycles. The quantitative estimate of drug-likeness (QED) is 0.648. The van der Waals surface area contributed by atoms with Crippen molar-refractivity contribution in [1.82, 2.24) is 20.5 Å². The van der Waals surface area contributed by atoms with Crippen molar-refractivity contribution in [3.05, 3.63) is 48.3 Å². The Morgan fingerprint density at radius 1 is 1.26 bits per heavy atom. The van der Waals surface area contributed by atoms with Crippen molar-refractivity contribution in [1.29, 1.82) is 0 Å². The molecule has 0 saturated carbocycles. The van der Waals surface area contributed by atoms with Crippen molar-refractivity contribution in [3.63, 3.8) is 0 Å². The van der Waals surface area contributed by atoms with Crippen molar-refractivity contribution in [3.8, 4) is 23.0 Å². The van der Waals surface area contributed by atoms with E-state index in [0.717, 1.165) is 16.9 Å². The number of thioether (sulfide) groups is 1. The Hall–Kier alpha value is -3.07. The molecule has 27 heavy (non-hydrogen) atoms. The van der Waals surface area contributed by atoms with Crippen molar-refractivity contribution >= 4 is 17.7 Å². The average molecular weight is 384 g/mol. The fraction of sp³-hybridized carbons (Fsp3) is 0.222. The summed E-state index contributed by atoms with van der Waals surface area (Å²) in [4.78, 5) is 16.4. The number of hydrogen-bond acceptors (Lipinski definition) is 8. The number of aromatic nitrogens is 3. The van der Waals surface area contributed by atoms with Crippen molar-refractivity contribution in [2.75, 3.05) is 6.79 Å². The highest BCUT2D eigenvalue weighted by Gasteiger charge is 2.19. The third-order valence-corrected chi connectivity index (χ3v) is 4.80. The lowest BCUT2D eigenvalue weighted by Gasteiger charge is -2.10. The third kappa shape index (κ3) is 4.03. The number of benzene rings is 1. The Morgan fingerprint density at radius 2 is 2.15 bits per heavy atom. The van der Waals surface area contributed by atoms with Crippen LogP contribution in [0, 0.1) is 0 Å². The molecule has 4 rings (SSSR count). The first kappa shape index (κ1) is 17.3. The molecular formula is C18H16N4O4S. The van der Waals surface area contributed by atoms with E-state index in [1.54, 1.807) is 25.4 Å². The van der Waals surface area contributed by atoms with Gasteiger partial charge in [-0.2, -0.15) is 0 Å². The van der Waals surface area contributed by atoms with Gasteiger partial charge >= 0.3 is 0 Å². The SMILES string of the molecule is CC(Sc1nnc(-c2cccnc2)o1)C(=O)NCc1ccc2c(c1)OCO2. The molecule has 0 saturated heterocycles. The van der Waals surface area contributed by atoms with Gasteiger partial charge in [-0.3, -0.25) is 9.78 Å². The smallest absolute Gasteiger partial charge is 0.277 e. The molecule has 1 aliphatic heterocycles. The molecule has 3 aromatic rings. The molecule has 0 bridgehead atoms. The van der Waals surface area contributed by atoms with Gasteiger partial charge in [0.2, 0.25) is 18.6 Å². The van der Waals surface area contributed by atoms with Crippen LogP contribution in [0.1, 0.15) is 12.5 Å². The lowest BCUT2D eigenvalue weighted by Crippen LogP contribution is -2.30. The van der Waals surface area contributed by atoms with Crippen LogP contribution in [0.3, 0.4) is 0 Å². The minimum atomic E-state index is -0.388. The number of rotatable bonds is 6. The zero-order chi connectivity index (χ0) is 18.6. The zero-order valence-electron chi connectivity index (χ0n) is 14.4. The normalized spacial score (nSPS) is 13.4. The summed E-state index contributed by atoms with van der Waals surface area (Å²) in [6.45, 7) is 2.41. The number of pyridine rings is 1. The highest BCUT2D eigenvalue weighted by molar-refractivity contribution is 8.00. The fourth-order valence-corrected chi connectivity index (χ4v) is 3.16. The summed E-state index contributed by atoms with van der Waals surface area (Å²) in [6.07, 6.45) is 3.31. The second-order valence-electron chi connectivity index (χ2n) is 5.78. The molecule has 138 valence electrons. The number of amides is 1. The number of ether oxygens (including phenoxy) is 2. The Labute approximate surface area is 159 Å². The molecule has 0 spiro atoms. The summed E-state index contributed by atoms with van der Waals surface area (Å²) >= 11 is 1.21. The van der Waals surface area contributed by atoms with Crippen LogP contribution in [-0.4, -0.2) is 33.1 Å². The highest BCUT2D eigenvalue weighted by Crippen LogP contribution is 2.32. The second-order valence-corrected chi connectivity index (χ2v) is 7.07. The molecule has 0 radical (unpaired) electrons. The van der Waals surface area contributed by atoms with Gasteiger partial charge in [0.05, 0.1) is 10.8 Å². The molecule has 8 nitrogen and oxygen atoms in total. The molecule has 1 aliphatic rings. The Balaban J connectivity index is 1.32. The zero-order valence-corrected chi connectivity index (χ0v) is 15.2. The van der Waals surface area contributed by atoms with Gasteiger partial charge in [-0.25, -0.2) is 0 Å². The Bertz CT molecular complexity index is 948. The molecule has 9 heteroatoms. The van der Waals surface area contributed by atoms with E-state index in [9.17, 15) is 4.79 Å². The maximum Gasteiger partial charge on any atom is 0.277 e. The van der Waals surface area contributed by atoms with Crippen LogP contribution in [0.4, 0.5) is 0 Å². The summed E-state index contributed by atoms with van der Waals surface area (Å²) in [5.74, 6) is 1.66. The first-order chi connectivity index (χ1) is 13.2. The molecule has 1 N–H and O–H groups in total. The van der Waals surface area contributed by atoms with Gasteiger partial charge in [0.15, 0.2) is 11.5 Å². The molecule has 0 fully saturated rings. The number of carbonyl (C=O) groups excluding carboxylic acids is 1. The van der Waals surface area contributed by atoms with Gasteiger partial charge in [0.25, 0.3) is 5.22 Å². The summed E-state index contributed by atoms with van der Waals surface area (Å²) in [7, 11) is 0. The van der Waals surface area contributed by atoms with E-state index >= 15 is 0 Å². The second kappa shape index (κ2) is 7.67. The maximum absolute atomic E-state index is 12.3. The monoisotopic (exact) mass is 384 g/mol. The van der Waals surface area contributed by atoms with E-state index in [-0.39, 0.29) is 18.0 Å². The lowest BCUT2D eigenvalue weighted by molar-refractivity contribution is -0.120. The largest absolute Gasteiger partial charge is 0.454 e. The maximum atomic E-state index is 12.3. The van der Waals surface area contributed by atoms with Gasteiger partial charge < -0.3 is 19.2 Å². The third-order valence-electron chi connectivity index (χ3n) is 3.87. The number of nitrogens with one attached hydrogen (secondary N) is 1. The lowest BCUT2D eigenvalue weighted by atomic mass is 10.2. The van der Waals surface area contributed by atoms with Crippen LogP contribution in [0.5, 0.6) is 11.5 Å². The van der Waals surface area contributed by atoms with Gasteiger partial charge in [0.1, 0.15) is 0 Å². The fourth-order valence-electron chi connectivity index (χ4n) is 2.45. The first-order valence-corrected chi connectivity index (χ1v) is 9.14. The summed E-state index contributed by atoms with van der Waals surface area (Å²) in [6, 6.07) is 9.21. The molecule has 0 aliphatic carbocycles. The van der Waals surface area contributed by atoms with Crippen molar-refractivity contribution in [2.45, 2.75) is 23.9 Å². The van der Waals surface area contributed by atoms with Crippen molar-refractivity contribution in [2.24, 2.45) is 0 Å². The van der Waals surface area contributed by atoms with E-state index < -0.39 is 0 Å². The summed E-state index contributed by atoms with van der Waals surface area (Å²) < 4.78 is 16.2. The minimum absolute atomic E-state index is 0.126. The topological polar surface area (TPSA) is 99.4 Å². The molecular weight excluding hydrogens is 368 g/mol. The molecule has 1 unspecified atom stereocenters. The van der Waals surface area contributed by atoms with E-state index in [4.69, 9.17) is 13.9 Å². The van der Waals surface area contributed by atoms with Crippen molar-refractivity contribution < 1.29 is 18.7 Å². The summed E-state index contributed by atoms with van der Waals surface area (Å²) in [5, 5.41) is 10.8. The number of carbonyl (C=O) groups is 1. The van der Waals surface area contributed by atoms with Crippen LogP contribution < -0.4 is 14.8 Å². The van der Waals surface area contributed by atoms with Gasteiger partial charge in [-0.05, 0) is 36.8 Å². The highest BCUT2D eigenvalue weighted by atomic mass is 32.2. The first-order valence-electron chi connectivity index (χ1n) is 8.26. The minimum Gasteiger partial charge on any atom is -0.454 e. The van der Waals surface area contributed by atoms with Crippen LogP contribution in [0.25, 0.3) is 11.5 Å². The van der Waals surface area contributed by atoms with E-state index in [1.165, 1.54) is 11.8 Å². The van der Waals surface area contributed by atoms with Crippen LogP contribution >= 0.6 is 11.8 Å². The van der Waals surface area contributed by atoms with Gasteiger partial charge in [-0.15, -0.1) is 10.2 Å². The molecule has 1 atom stereocenters. The Morgan fingerprint density at radius 3 is 3.00 bits per heavy atom. The van der Waals surface area contributed by atoms with Gasteiger partial charge in [-0.1, -0.05) is 17.8 Å². The number of hydrogen-bond donors (Lipinski definition) is 1. The van der Waals surface area contributed by atoms with E-state index in [1.807, 2.05) is 24.3 Å². The molecule has 2 aromatic heterocycles. The Kier molecular flexibility index (Phi) is 4.93. The molecule has 1 amide bonds. The van der Waals surface area contributed by atoms with Gasteiger partial charge in [0, 0.05) is 18.9 Å². The van der Waals surface area contributed by atoms with Crippen LogP contribution in [0.15, 0.2) is 52.4 Å². The standard InChI is InChI=1S/C18H16N4O4S/c1-11(27-18-22-21-17(26-18)13-3-2-6-19-9-13)16(23)20-8-12-4-5-14-15(7-12)25-10-24-14/h2-7,9,11H,8,10H2,1H3,(H,20,23). The van der Waals surface area contributed by atoms with E-state index in [0.29, 0.717) is 23.4 Å². The predicted molar refractivity (Wildman–Crippen MR) is 97.3 cm³/mol.